The summed E-state index contributed by atoms with van der Waals surface area (Å²) in [5, 5.41) is 0. The molecule has 0 bridgehead atoms. The molecule has 0 spiro atoms. The van der Waals surface area contributed by atoms with Gasteiger partial charge in [-0.15, -0.1) is 0 Å². The Morgan fingerprint density at radius 1 is 1.21 bits per heavy atom. The van der Waals surface area contributed by atoms with Gasteiger partial charge in [-0.3, -0.25) is 4.79 Å². The van der Waals surface area contributed by atoms with Gasteiger partial charge in [0.2, 0.25) is 0 Å². The number of hydrogen-bond donors (Lipinski definition) is 1. The smallest absolute Gasteiger partial charge is 0.322 e. The molecular weight excluding hydrogens is 186 g/mol. The highest BCUT2D eigenvalue weighted by molar-refractivity contribution is 5.75. The Labute approximate surface area is 84.5 Å². The summed E-state index contributed by atoms with van der Waals surface area (Å²) in [6.45, 7) is 0. The van der Waals surface area contributed by atoms with Crippen LogP contribution in [0.15, 0.2) is 0 Å². The van der Waals surface area contributed by atoms with Crippen LogP contribution in [0.1, 0.15) is 19.3 Å². The second kappa shape index (κ2) is 7.73. The highest BCUT2D eigenvalue weighted by atomic mass is 16.7. The van der Waals surface area contributed by atoms with Crippen LogP contribution in [0.2, 0.25) is 0 Å². The van der Waals surface area contributed by atoms with Crippen molar-refractivity contribution in [3.63, 3.8) is 0 Å². The number of nitrogens with two attached hydrogens (primary N) is 1. The summed E-state index contributed by atoms with van der Waals surface area (Å²) in [6.07, 6.45) is 1.84. The number of rotatable bonds is 7. The van der Waals surface area contributed by atoms with E-state index in [0.29, 0.717) is 6.42 Å². The molecule has 0 radical (unpaired) electrons. The molecule has 0 aromatic rings. The number of carbonyl (C=O) groups excluding carboxylic acids is 1. The Bertz CT molecular complexity index is 159. The van der Waals surface area contributed by atoms with Gasteiger partial charge in [-0.05, 0) is 19.3 Å². The van der Waals surface area contributed by atoms with E-state index >= 15 is 0 Å². The third-order valence-electron chi connectivity index (χ3n) is 1.98. The normalized spacial score (nSPS) is 12.9. The average molecular weight is 205 g/mol. The Balaban J connectivity index is 3.57. The maximum absolute atomic E-state index is 10.9. The summed E-state index contributed by atoms with van der Waals surface area (Å²) in [7, 11) is 4.48. The summed E-state index contributed by atoms with van der Waals surface area (Å²) in [5.41, 5.74) is 5.54. The standard InChI is InChI=1S/C9H19NO4/c1-12-8(13-2)6-4-5-7(10)9(11)14-3/h7-8H,4-6,10H2,1-3H3. The van der Waals surface area contributed by atoms with Crippen molar-refractivity contribution in [2.75, 3.05) is 21.3 Å². The minimum atomic E-state index is -0.547. The van der Waals surface area contributed by atoms with Crippen molar-refractivity contribution >= 4 is 5.97 Å². The molecule has 0 amide bonds. The van der Waals surface area contributed by atoms with Gasteiger partial charge in [0.05, 0.1) is 7.11 Å². The first-order valence-electron chi connectivity index (χ1n) is 4.54. The van der Waals surface area contributed by atoms with Crippen LogP contribution < -0.4 is 5.73 Å². The molecule has 0 rings (SSSR count). The van der Waals surface area contributed by atoms with Gasteiger partial charge < -0.3 is 19.9 Å². The van der Waals surface area contributed by atoms with Crippen molar-refractivity contribution in [1.82, 2.24) is 0 Å². The van der Waals surface area contributed by atoms with Crippen LogP contribution in [-0.2, 0) is 19.0 Å². The maximum atomic E-state index is 10.9. The molecule has 0 saturated heterocycles. The molecule has 0 saturated carbocycles. The van der Waals surface area contributed by atoms with Crippen LogP contribution in [0, 0.1) is 0 Å². The van der Waals surface area contributed by atoms with Crippen LogP contribution in [0.4, 0.5) is 0 Å². The molecule has 5 heteroatoms. The zero-order chi connectivity index (χ0) is 11.0. The van der Waals surface area contributed by atoms with Crippen molar-refractivity contribution in [1.29, 1.82) is 0 Å². The molecule has 0 aliphatic rings. The molecule has 0 aromatic heterocycles. The van der Waals surface area contributed by atoms with E-state index < -0.39 is 6.04 Å². The van der Waals surface area contributed by atoms with E-state index in [-0.39, 0.29) is 12.3 Å². The molecule has 0 aromatic carbocycles. The van der Waals surface area contributed by atoms with Crippen molar-refractivity contribution in [2.24, 2.45) is 5.73 Å². The first kappa shape index (κ1) is 13.4. The Morgan fingerprint density at radius 2 is 1.79 bits per heavy atom. The van der Waals surface area contributed by atoms with Gasteiger partial charge in [0.1, 0.15) is 6.04 Å². The molecule has 0 aliphatic carbocycles. The first-order chi connectivity index (χ1) is 6.65. The fourth-order valence-corrected chi connectivity index (χ4v) is 1.11. The van der Waals surface area contributed by atoms with E-state index in [1.54, 1.807) is 14.2 Å². The van der Waals surface area contributed by atoms with E-state index in [1.807, 2.05) is 0 Å². The molecule has 84 valence electrons. The van der Waals surface area contributed by atoms with E-state index in [0.717, 1.165) is 12.8 Å². The summed E-state index contributed by atoms with van der Waals surface area (Å²) in [5.74, 6) is -0.378. The maximum Gasteiger partial charge on any atom is 0.322 e. The molecule has 5 nitrogen and oxygen atoms in total. The van der Waals surface area contributed by atoms with E-state index in [4.69, 9.17) is 15.2 Å². The van der Waals surface area contributed by atoms with Gasteiger partial charge in [0, 0.05) is 14.2 Å². The van der Waals surface area contributed by atoms with Crippen molar-refractivity contribution in [3.8, 4) is 0 Å². The first-order valence-corrected chi connectivity index (χ1v) is 4.54. The van der Waals surface area contributed by atoms with Crippen LogP contribution in [-0.4, -0.2) is 39.6 Å². The van der Waals surface area contributed by atoms with Crippen molar-refractivity contribution < 1.29 is 19.0 Å². The van der Waals surface area contributed by atoms with Crippen molar-refractivity contribution in [2.45, 2.75) is 31.6 Å². The molecule has 1 atom stereocenters. The van der Waals surface area contributed by atoms with E-state index in [1.165, 1.54) is 7.11 Å². The Morgan fingerprint density at radius 3 is 2.21 bits per heavy atom. The highest BCUT2D eigenvalue weighted by Crippen LogP contribution is 2.06. The van der Waals surface area contributed by atoms with Gasteiger partial charge >= 0.3 is 5.97 Å². The van der Waals surface area contributed by atoms with Gasteiger partial charge in [-0.25, -0.2) is 0 Å². The topological polar surface area (TPSA) is 70.8 Å². The summed E-state index contributed by atoms with van der Waals surface area (Å²) in [6, 6.07) is -0.547. The van der Waals surface area contributed by atoms with Crippen LogP contribution in [0.25, 0.3) is 0 Å². The second-order valence-corrected chi connectivity index (χ2v) is 2.96. The van der Waals surface area contributed by atoms with Gasteiger partial charge in [0.25, 0.3) is 0 Å². The van der Waals surface area contributed by atoms with Crippen LogP contribution >= 0.6 is 0 Å². The molecule has 0 aliphatic heterocycles. The lowest BCUT2D eigenvalue weighted by Crippen LogP contribution is -2.31. The third-order valence-corrected chi connectivity index (χ3v) is 1.98. The van der Waals surface area contributed by atoms with Crippen molar-refractivity contribution in [3.05, 3.63) is 0 Å². The number of carbonyl (C=O) groups is 1. The Hall–Kier alpha value is -0.650. The van der Waals surface area contributed by atoms with E-state index in [9.17, 15) is 4.79 Å². The molecule has 0 fully saturated rings. The zero-order valence-corrected chi connectivity index (χ0v) is 8.99. The Kier molecular flexibility index (Phi) is 7.37. The molecular formula is C9H19NO4. The fourth-order valence-electron chi connectivity index (χ4n) is 1.11. The van der Waals surface area contributed by atoms with Crippen LogP contribution in [0.3, 0.4) is 0 Å². The summed E-state index contributed by atoms with van der Waals surface area (Å²) in [4.78, 5) is 10.9. The summed E-state index contributed by atoms with van der Waals surface area (Å²) >= 11 is 0. The number of esters is 1. The average Bonchev–Trinajstić information content (AvgIpc) is 2.22. The van der Waals surface area contributed by atoms with Gasteiger partial charge in [-0.1, -0.05) is 0 Å². The van der Waals surface area contributed by atoms with Crippen LogP contribution in [0.5, 0.6) is 0 Å². The minimum Gasteiger partial charge on any atom is -0.468 e. The lowest BCUT2D eigenvalue weighted by Gasteiger charge is -2.14. The predicted molar refractivity (Wildman–Crippen MR) is 51.6 cm³/mol. The lowest BCUT2D eigenvalue weighted by molar-refractivity contribution is -0.142. The SMILES string of the molecule is COC(=O)C(N)CCCC(OC)OC. The number of hydrogen-bond acceptors (Lipinski definition) is 5. The highest BCUT2D eigenvalue weighted by Gasteiger charge is 2.14. The lowest BCUT2D eigenvalue weighted by atomic mass is 10.1. The van der Waals surface area contributed by atoms with Gasteiger partial charge in [-0.2, -0.15) is 0 Å². The molecule has 1 unspecified atom stereocenters. The fraction of sp³-hybridized carbons (Fsp3) is 0.889. The predicted octanol–water partition coefficient (Wildman–Crippen LogP) is 0.276. The monoisotopic (exact) mass is 205 g/mol. The minimum absolute atomic E-state index is 0.222. The number of methoxy groups -OCH3 is 3. The zero-order valence-electron chi connectivity index (χ0n) is 8.99. The van der Waals surface area contributed by atoms with E-state index in [2.05, 4.69) is 4.74 Å². The molecule has 2 N–H and O–H groups in total. The second-order valence-electron chi connectivity index (χ2n) is 2.96. The molecule has 0 heterocycles. The van der Waals surface area contributed by atoms with Gasteiger partial charge in [0.15, 0.2) is 6.29 Å². The molecule has 14 heavy (non-hydrogen) atoms. The third kappa shape index (κ3) is 5.16. The quantitative estimate of drug-likeness (QED) is 0.477. The summed E-state index contributed by atoms with van der Waals surface area (Å²) < 4.78 is 14.5. The number of ether oxygens (including phenoxy) is 3. The largest absolute Gasteiger partial charge is 0.468 e.